The maximum atomic E-state index is 11.8. The molecule has 0 spiro atoms. The highest BCUT2D eigenvalue weighted by Crippen LogP contribution is 2.34. The van der Waals surface area contributed by atoms with Crippen LogP contribution in [0.2, 0.25) is 0 Å². The van der Waals surface area contributed by atoms with E-state index in [2.05, 4.69) is 6.58 Å². The van der Waals surface area contributed by atoms with Gasteiger partial charge in [0.2, 0.25) is 5.60 Å². The molecule has 2 rings (SSSR count). The van der Waals surface area contributed by atoms with E-state index < -0.39 is 23.5 Å². The van der Waals surface area contributed by atoms with Crippen LogP contribution in [0.4, 0.5) is 0 Å². The summed E-state index contributed by atoms with van der Waals surface area (Å²) < 4.78 is 15.0. The minimum absolute atomic E-state index is 0.271. The fraction of sp³-hybridized carbons (Fsp3) is 0.615. The van der Waals surface area contributed by atoms with E-state index in [1.54, 1.807) is 6.92 Å². The summed E-state index contributed by atoms with van der Waals surface area (Å²) in [7, 11) is 0. The van der Waals surface area contributed by atoms with Gasteiger partial charge >= 0.3 is 17.9 Å². The van der Waals surface area contributed by atoms with Crippen LogP contribution in [0.25, 0.3) is 0 Å². The second-order valence-corrected chi connectivity index (χ2v) is 4.97. The van der Waals surface area contributed by atoms with E-state index in [0.29, 0.717) is 19.3 Å². The zero-order valence-corrected chi connectivity index (χ0v) is 10.7. The van der Waals surface area contributed by atoms with Crippen LogP contribution in [0, 0.1) is 5.92 Å². The number of hydrogen-bond acceptors (Lipinski definition) is 6. The van der Waals surface area contributed by atoms with Crippen LogP contribution in [0.5, 0.6) is 0 Å². The van der Waals surface area contributed by atoms with Crippen LogP contribution in [-0.4, -0.2) is 36.2 Å². The maximum absolute atomic E-state index is 11.8. The first-order valence-corrected chi connectivity index (χ1v) is 6.18. The number of rotatable bonds is 4. The summed E-state index contributed by atoms with van der Waals surface area (Å²) in [5.74, 6) is -1.77. The summed E-state index contributed by atoms with van der Waals surface area (Å²) in [5.41, 5.74) is -1.17. The fourth-order valence-electron chi connectivity index (χ4n) is 2.06. The molecule has 2 aliphatic rings. The van der Waals surface area contributed by atoms with Crippen molar-refractivity contribution < 1.29 is 28.6 Å². The number of cyclic esters (lactones) is 1. The van der Waals surface area contributed by atoms with E-state index in [-0.39, 0.29) is 18.6 Å². The van der Waals surface area contributed by atoms with Gasteiger partial charge in [0.25, 0.3) is 0 Å². The molecule has 0 aromatic rings. The molecule has 1 heterocycles. The molecule has 0 bridgehead atoms. The monoisotopic (exact) mass is 268 g/mol. The largest absolute Gasteiger partial charge is 0.463 e. The van der Waals surface area contributed by atoms with Crippen molar-refractivity contribution in [1.29, 1.82) is 0 Å². The molecule has 0 N–H and O–H groups in total. The lowest BCUT2D eigenvalue weighted by atomic mass is 9.82. The number of carbonyl (C=O) groups is 3. The Hall–Kier alpha value is -1.85. The predicted octanol–water partition coefficient (Wildman–Crippen LogP) is 0.743. The summed E-state index contributed by atoms with van der Waals surface area (Å²) in [6.07, 6.45) is 2.03. The highest BCUT2D eigenvalue weighted by molar-refractivity contribution is 5.85. The van der Waals surface area contributed by atoms with Crippen LogP contribution < -0.4 is 0 Å². The molecule has 104 valence electrons. The third kappa shape index (κ3) is 2.77. The number of ether oxygens (including phenoxy) is 3. The van der Waals surface area contributed by atoms with Gasteiger partial charge in [-0.1, -0.05) is 6.58 Å². The Kier molecular flexibility index (Phi) is 3.59. The van der Waals surface area contributed by atoms with Gasteiger partial charge in [0.1, 0.15) is 6.10 Å². The lowest BCUT2D eigenvalue weighted by molar-refractivity contribution is -0.181. The van der Waals surface area contributed by atoms with Crippen molar-refractivity contribution in [2.24, 2.45) is 5.92 Å². The number of carbonyl (C=O) groups excluding carboxylic acids is 3. The van der Waals surface area contributed by atoms with E-state index in [9.17, 15) is 14.4 Å². The Morgan fingerprint density at radius 2 is 2.16 bits per heavy atom. The molecule has 0 amide bonds. The normalized spacial score (nSPS) is 33.0. The van der Waals surface area contributed by atoms with Crippen molar-refractivity contribution in [3.63, 3.8) is 0 Å². The topological polar surface area (TPSA) is 78.9 Å². The summed E-state index contributed by atoms with van der Waals surface area (Å²) in [4.78, 5) is 34.2. The molecule has 2 fully saturated rings. The van der Waals surface area contributed by atoms with Gasteiger partial charge in [0.15, 0.2) is 0 Å². The highest BCUT2D eigenvalue weighted by Gasteiger charge is 2.47. The predicted molar refractivity (Wildman–Crippen MR) is 62.9 cm³/mol. The van der Waals surface area contributed by atoms with Gasteiger partial charge in [0.05, 0.1) is 12.5 Å². The van der Waals surface area contributed by atoms with Crippen molar-refractivity contribution in [3.8, 4) is 0 Å². The third-order valence-electron chi connectivity index (χ3n) is 3.45. The van der Waals surface area contributed by atoms with Gasteiger partial charge in [-0.15, -0.1) is 0 Å². The van der Waals surface area contributed by atoms with Crippen LogP contribution in [-0.2, 0) is 28.6 Å². The standard InChI is InChI=1S/C13H16O6/c1-3-10(14)18-9-6-8(7-9)11(15)19-13(2)4-5-17-12(13)16/h3,8-9H,1,4-7H2,2H3. The van der Waals surface area contributed by atoms with Crippen molar-refractivity contribution in [3.05, 3.63) is 12.7 Å². The first-order chi connectivity index (χ1) is 8.94. The molecular formula is C13H16O6. The van der Waals surface area contributed by atoms with E-state index in [1.807, 2.05) is 0 Å². The molecule has 1 aliphatic carbocycles. The van der Waals surface area contributed by atoms with Gasteiger partial charge in [-0.3, -0.25) is 4.79 Å². The van der Waals surface area contributed by atoms with E-state index >= 15 is 0 Å². The second kappa shape index (κ2) is 5.03. The molecule has 6 heteroatoms. The van der Waals surface area contributed by atoms with Crippen molar-refractivity contribution in [2.75, 3.05) is 6.61 Å². The van der Waals surface area contributed by atoms with Crippen LogP contribution in [0.3, 0.4) is 0 Å². The Balaban J connectivity index is 1.79. The SMILES string of the molecule is C=CC(=O)OC1CC(C(=O)OC2(C)CCOC2=O)C1. The van der Waals surface area contributed by atoms with Gasteiger partial charge in [0, 0.05) is 12.5 Å². The first-order valence-electron chi connectivity index (χ1n) is 6.18. The summed E-state index contributed by atoms with van der Waals surface area (Å²) in [5, 5.41) is 0. The Morgan fingerprint density at radius 3 is 2.68 bits per heavy atom. The zero-order valence-electron chi connectivity index (χ0n) is 10.7. The van der Waals surface area contributed by atoms with Gasteiger partial charge in [-0.25, -0.2) is 9.59 Å². The number of esters is 3. The average Bonchev–Trinajstić information content (AvgIpc) is 2.62. The average molecular weight is 268 g/mol. The minimum atomic E-state index is -1.17. The molecule has 6 nitrogen and oxygen atoms in total. The van der Waals surface area contributed by atoms with E-state index in [4.69, 9.17) is 14.2 Å². The molecule has 0 aromatic heterocycles. The molecule has 1 atom stereocenters. The Bertz CT molecular complexity index is 423. The van der Waals surface area contributed by atoms with Crippen LogP contribution in [0.1, 0.15) is 26.2 Å². The van der Waals surface area contributed by atoms with Crippen molar-refractivity contribution in [1.82, 2.24) is 0 Å². The molecule has 0 radical (unpaired) electrons. The van der Waals surface area contributed by atoms with Crippen LogP contribution >= 0.6 is 0 Å². The van der Waals surface area contributed by atoms with Gasteiger partial charge < -0.3 is 14.2 Å². The Labute approximate surface area is 110 Å². The maximum Gasteiger partial charge on any atom is 0.350 e. The molecule has 1 saturated carbocycles. The first kappa shape index (κ1) is 13.6. The lowest BCUT2D eigenvalue weighted by Gasteiger charge is -2.34. The Morgan fingerprint density at radius 1 is 1.47 bits per heavy atom. The lowest BCUT2D eigenvalue weighted by Crippen LogP contribution is -2.43. The molecule has 1 saturated heterocycles. The fourth-order valence-corrected chi connectivity index (χ4v) is 2.06. The smallest absolute Gasteiger partial charge is 0.350 e. The molecule has 1 aliphatic heterocycles. The van der Waals surface area contributed by atoms with Gasteiger partial charge in [-0.2, -0.15) is 0 Å². The van der Waals surface area contributed by atoms with E-state index in [1.165, 1.54) is 0 Å². The highest BCUT2D eigenvalue weighted by atomic mass is 16.6. The zero-order chi connectivity index (χ0) is 14.0. The van der Waals surface area contributed by atoms with Gasteiger partial charge in [-0.05, 0) is 19.8 Å². The molecule has 1 unspecified atom stereocenters. The summed E-state index contributed by atoms with van der Waals surface area (Å²) in [6, 6.07) is 0. The minimum Gasteiger partial charge on any atom is -0.463 e. The molecule has 19 heavy (non-hydrogen) atoms. The third-order valence-corrected chi connectivity index (χ3v) is 3.45. The van der Waals surface area contributed by atoms with E-state index in [0.717, 1.165) is 6.08 Å². The van der Waals surface area contributed by atoms with Crippen molar-refractivity contribution in [2.45, 2.75) is 37.9 Å². The van der Waals surface area contributed by atoms with Crippen LogP contribution in [0.15, 0.2) is 12.7 Å². The molecule has 0 aromatic carbocycles. The summed E-state index contributed by atoms with van der Waals surface area (Å²) >= 11 is 0. The quantitative estimate of drug-likeness (QED) is 0.425. The van der Waals surface area contributed by atoms with Crippen molar-refractivity contribution >= 4 is 17.9 Å². The second-order valence-electron chi connectivity index (χ2n) is 4.97. The molecular weight excluding hydrogens is 252 g/mol. The number of hydrogen-bond donors (Lipinski definition) is 0. The summed E-state index contributed by atoms with van der Waals surface area (Å²) in [6.45, 7) is 5.11.